The summed E-state index contributed by atoms with van der Waals surface area (Å²) in [5.41, 5.74) is -0.833. The summed E-state index contributed by atoms with van der Waals surface area (Å²) in [7, 11) is 0. The zero-order valence-corrected chi connectivity index (χ0v) is 12.6. The Balaban J connectivity index is 2.89. The molecule has 1 rings (SSSR count). The van der Waals surface area contributed by atoms with Crippen LogP contribution in [0, 0.1) is 16.7 Å². The van der Waals surface area contributed by atoms with Gasteiger partial charge in [0.15, 0.2) is 0 Å². The monoisotopic (exact) mass is 266 g/mol. The van der Waals surface area contributed by atoms with Crippen molar-refractivity contribution in [2.45, 2.75) is 65.6 Å². The van der Waals surface area contributed by atoms with E-state index < -0.39 is 5.41 Å². The van der Waals surface area contributed by atoms with E-state index in [1.807, 2.05) is 32.6 Å². The molecule has 0 aromatic heterocycles. The fraction of sp³-hybridized carbons (Fsp3) is 0.867. The van der Waals surface area contributed by atoms with Crippen LogP contribution in [0.2, 0.25) is 0 Å². The molecule has 2 atom stereocenters. The van der Waals surface area contributed by atoms with Crippen LogP contribution in [0.1, 0.15) is 53.4 Å². The summed E-state index contributed by atoms with van der Waals surface area (Å²) >= 11 is 0. The van der Waals surface area contributed by atoms with Gasteiger partial charge >= 0.3 is 0 Å². The molecule has 0 aromatic rings. The van der Waals surface area contributed by atoms with Gasteiger partial charge in [0.05, 0.1) is 18.3 Å². The Morgan fingerprint density at radius 3 is 2.11 bits per heavy atom. The van der Waals surface area contributed by atoms with Crippen LogP contribution in [0.3, 0.4) is 0 Å². The molecule has 108 valence electrons. The molecule has 4 heteroatoms. The van der Waals surface area contributed by atoms with Gasteiger partial charge in [-0.2, -0.15) is 5.26 Å². The summed E-state index contributed by atoms with van der Waals surface area (Å²) in [4.78, 5) is 14.6. The average Bonchev–Trinajstić information content (AvgIpc) is 2.36. The van der Waals surface area contributed by atoms with E-state index in [0.717, 1.165) is 12.8 Å². The van der Waals surface area contributed by atoms with Crippen LogP contribution in [-0.4, -0.2) is 36.1 Å². The molecule has 1 aliphatic heterocycles. The third-order valence-corrected chi connectivity index (χ3v) is 3.68. The largest absolute Gasteiger partial charge is 0.372 e. The molecule has 1 amide bonds. The van der Waals surface area contributed by atoms with E-state index in [4.69, 9.17) is 4.74 Å². The summed E-state index contributed by atoms with van der Waals surface area (Å²) in [6.45, 7) is 9.20. The molecular formula is C15H26N2O2. The van der Waals surface area contributed by atoms with Gasteiger partial charge in [-0.25, -0.2) is 0 Å². The van der Waals surface area contributed by atoms with E-state index in [0.29, 0.717) is 25.9 Å². The molecule has 2 unspecified atom stereocenters. The molecule has 19 heavy (non-hydrogen) atoms. The maximum atomic E-state index is 12.8. The highest BCUT2D eigenvalue weighted by molar-refractivity contribution is 5.85. The number of hydrogen-bond acceptors (Lipinski definition) is 3. The molecule has 0 bridgehead atoms. The van der Waals surface area contributed by atoms with E-state index in [9.17, 15) is 10.1 Å². The molecule has 1 saturated heterocycles. The molecule has 1 heterocycles. The fourth-order valence-corrected chi connectivity index (χ4v) is 3.00. The van der Waals surface area contributed by atoms with Gasteiger partial charge in [-0.1, -0.05) is 26.7 Å². The molecule has 0 spiro atoms. The summed E-state index contributed by atoms with van der Waals surface area (Å²) in [5, 5.41) is 9.54. The summed E-state index contributed by atoms with van der Waals surface area (Å²) < 4.78 is 5.66. The number of hydrogen-bond donors (Lipinski definition) is 0. The Labute approximate surface area is 116 Å². The van der Waals surface area contributed by atoms with Crippen molar-refractivity contribution >= 4 is 5.91 Å². The first-order valence-corrected chi connectivity index (χ1v) is 7.35. The van der Waals surface area contributed by atoms with Gasteiger partial charge in [0.25, 0.3) is 0 Å². The SMILES string of the molecule is CCCC(C#N)(CCC)C(=O)N1CC(C)OC(C)C1. The molecule has 0 saturated carbocycles. The Hall–Kier alpha value is -1.08. The second-order valence-electron chi connectivity index (χ2n) is 5.66. The van der Waals surface area contributed by atoms with Gasteiger partial charge in [0.1, 0.15) is 5.41 Å². The lowest BCUT2D eigenvalue weighted by molar-refractivity contribution is -0.151. The van der Waals surface area contributed by atoms with E-state index in [-0.39, 0.29) is 18.1 Å². The zero-order chi connectivity index (χ0) is 14.5. The van der Waals surface area contributed by atoms with Gasteiger partial charge in [-0.3, -0.25) is 4.79 Å². The molecule has 0 N–H and O–H groups in total. The molecule has 0 aliphatic carbocycles. The fourth-order valence-electron chi connectivity index (χ4n) is 3.00. The topological polar surface area (TPSA) is 53.3 Å². The molecular weight excluding hydrogens is 240 g/mol. The van der Waals surface area contributed by atoms with Gasteiger partial charge in [-0.15, -0.1) is 0 Å². The van der Waals surface area contributed by atoms with Gasteiger partial charge in [-0.05, 0) is 26.7 Å². The van der Waals surface area contributed by atoms with E-state index in [1.54, 1.807) is 0 Å². The minimum absolute atomic E-state index is 0.000648. The Morgan fingerprint density at radius 1 is 1.26 bits per heavy atom. The number of rotatable bonds is 5. The Morgan fingerprint density at radius 2 is 1.74 bits per heavy atom. The van der Waals surface area contributed by atoms with E-state index in [2.05, 4.69) is 6.07 Å². The molecule has 0 aromatic carbocycles. The Bertz CT molecular complexity index is 333. The lowest BCUT2D eigenvalue weighted by Crippen LogP contribution is -2.53. The minimum atomic E-state index is -0.833. The van der Waals surface area contributed by atoms with Gasteiger partial charge in [0, 0.05) is 13.1 Å². The van der Waals surface area contributed by atoms with Crippen LogP contribution in [0.15, 0.2) is 0 Å². The van der Waals surface area contributed by atoms with Gasteiger partial charge < -0.3 is 9.64 Å². The maximum absolute atomic E-state index is 12.8. The summed E-state index contributed by atoms with van der Waals surface area (Å²) in [5.74, 6) is 0.000648. The van der Waals surface area contributed by atoms with Crippen molar-refractivity contribution in [3.8, 4) is 6.07 Å². The molecule has 1 fully saturated rings. The van der Waals surface area contributed by atoms with Crippen LogP contribution >= 0.6 is 0 Å². The second-order valence-corrected chi connectivity index (χ2v) is 5.66. The Kier molecular flexibility index (Phi) is 5.81. The smallest absolute Gasteiger partial charge is 0.243 e. The van der Waals surface area contributed by atoms with E-state index >= 15 is 0 Å². The standard InChI is InChI=1S/C15H26N2O2/c1-5-7-15(11-16,8-6-2)14(18)17-9-12(3)19-13(4)10-17/h12-13H,5-10H2,1-4H3. The number of morpholine rings is 1. The highest BCUT2D eigenvalue weighted by atomic mass is 16.5. The normalized spacial score (nSPS) is 24.1. The molecule has 0 radical (unpaired) electrons. The maximum Gasteiger partial charge on any atom is 0.243 e. The third kappa shape index (κ3) is 3.70. The van der Waals surface area contributed by atoms with E-state index in [1.165, 1.54) is 0 Å². The third-order valence-electron chi connectivity index (χ3n) is 3.68. The first-order valence-electron chi connectivity index (χ1n) is 7.35. The highest BCUT2D eigenvalue weighted by Crippen LogP contribution is 2.32. The lowest BCUT2D eigenvalue weighted by atomic mass is 9.79. The van der Waals surface area contributed by atoms with Gasteiger partial charge in [0.2, 0.25) is 5.91 Å². The number of carbonyl (C=O) groups is 1. The van der Waals surface area contributed by atoms with Crippen LogP contribution in [0.5, 0.6) is 0 Å². The predicted molar refractivity (Wildman–Crippen MR) is 74.5 cm³/mol. The van der Waals surface area contributed by atoms with Crippen molar-refractivity contribution in [3.05, 3.63) is 0 Å². The molecule has 4 nitrogen and oxygen atoms in total. The van der Waals surface area contributed by atoms with Crippen LogP contribution in [0.25, 0.3) is 0 Å². The van der Waals surface area contributed by atoms with Crippen molar-refractivity contribution in [3.63, 3.8) is 0 Å². The predicted octanol–water partition coefficient (Wildman–Crippen LogP) is 2.73. The average molecular weight is 266 g/mol. The van der Waals surface area contributed by atoms with Crippen LogP contribution in [-0.2, 0) is 9.53 Å². The first kappa shape index (κ1) is 16.0. The number of nitriles is 1. The number of carbonyl (C=O) groups excluding carboxylic acids is 1. The molecule has 1 aliphatic rings. The lowest BCUT2D eigenvalue weighted by Gasteiger charge is -2.39. The van der Waals surface area contributed by atoms with Crippen LogP contribution < -0.4 is 0 Å². The van der Waals surface area contributed by atoms with Crippen molar-refractivity contribution in [2.75, 3.05) is 13.1 Å². The number of ether oxygens (including phenoxy) is 1. The van der Waals surface area contributed by atoms with Crippen molar-refractivity contribution in [2.24, 2.45) is 5.41 Å². The number of amides is 1. The first-order chi connectivity index (χ1) is 8.99. The summed E-state index contributed by atoms with van der Waals surface area (Å²) in [6, 6.07) is 2.31. The minimum Gasteiger partial charge on any atom is -0.372 e. The van der Waals surface area contributed by atoms with Crippen molar-refractivity contribution in [1.82, 2.24) is 4.90 Å². The number of nitrogens with zero attached hydrogens (tertiary/aromatic N) is 2. The van der Waals surface area contributed by atoms with Crippen molar-refractivity contribution in [1.29, 1.82) is 5.26 Å². The highest BCUT2D eigenvalue weighted by Gasteiger charge is 2.41. The zero-order valence-electron chi connectivity index (χ0n) is 12.6. The van der Waals surface area contributed by atoms with Crippen molar-refractivity contribution < 1.29 is 9.53 Å². The quantitative estimate of drug-likeness (QED) is 0.769. The second kappa shape index (κ2) is 6.91. The summed E-state index contributed by atoms with van der Waals surface area (Å²) in [6.07, 6.45) is 3.11. The van der Waals surface area contributed by atoms with Crippen LogP contribution in [0.4, 0.5) is 0 Å².